The van der Waals surface area contributed by atoms with Gasteiger partial charge < -0.3 is 15.1 Å². The maximum atomic E-state index is 11.6. The Bertz CT molecular complexity index is 369. The summed E-state index contributed by atoms with van der Waals surface area (Å²) in [4.78, 5) is 4.88. The average Bonchev–Trinajstić information content (AvgIpc) is 2.46. The maximum Gasteiger partial charge on any atom is 0.153 e. The molecule has 0 radical (unpaired) electrons. The molecule has 1 atom stereocenters. The van der Waals surface area contributed by atoms with E-state index in [-0.39, 0.29) is 6.04 Å². The fraction of sp³-hybridized carbons (Fsp3) is 1.00. The Balaban J connectivity index is 2.24. The zero-order chi connectivity index (χ0) is 15.7. The molecule has 5 nitrogen and oxygen atoms in total. The molecule has 1 aliphatic heterocycles. The van der Waals surface area contributed by atoms with Gasteiger partial charge in [-0.1, -0.05) is 20.8 Å². The van der Waals surface area contributed by atoms with E-state index in [4.69, 9.17) is 0 Å². The van der Waals surface area contributed by atoms with Gasteiger partial charge in [0.1, 0.15) is 0 Å². The first-order valence-corrected chi connectivity index (χ1v) is 10.2. The molecule has 6 heteroatoms. The Kier molecular flexibility index (Phi) is 8.78. The van der Waals surface area contributed by atoms with Crippen molar-refractivity contribution in [2.24, 2.45) is 0 Å². The van der Waals surface area contributed by atoms with Gasteiger partial charge in [-0.2, -0.15) is 0 Å². The molecule has 1 aliphatic rings. The molecule has 0 bridgehead atoms. The number of hydrogen-bond donors (Lipinski definition) is 1. The van der Waals surface area contributed by atoms with Crippen LogP contribution in [0, 0.1) is 0 Å². The van der Waals surface area contributed by atoms with Crippen molar-refractivity contribution in [3.05, 3.63) is 0 Å². The molecule has 1 saturated heterocycles. The van der Waals surface area contributed by atoms with E-state index in [1.165, 1.54) is 6.42 Å². The van der Waals surface area contributed by atoms with Crippen molar-refractivity contribution in [2.75, 3.05) is 57.3 Å². The van der Waals surface area contributed by atoms with Crippen LogP contribution in [0.3, 0.4) is 0 Å². The fourth-order valence-corrected chi connectivity index (χ4v) is 4.37. The van der Waals surface area contributed by atoms with Gasteiger partial charge >= 0.3 is 0 Å². The van der Waals surface area contributed by atoms with E-state index >= 15 is 0 Å². The largest absolute Gasteiger partial charge is 0.312 e. The van der Waals surface area contributed by atoms with E-state index in [0.717, 1.165) is 45.7 Å². The van der Waals surface area contributed by atoms with Crippen LogP contribution < -0.4 is 5.32 Å². The van der Waals surface area contributed by atoms with Crippen LogP contribution in [0.4, 0.5) is 0 Å². The molecule has 21 heavy (non-hydrogen) atoms. The van der Waals surface area contributed by atoms with Gasteiger partial charge in [0.05, 0.1) is 11.5 Å². The lowest BCUT2D eigenvalue weighted by Crippen LogP contribution is -2.46. The molecule has 0 spiro atoms. The number of sulfone groups is 1. The van der Waals surface area contributed by atoms with E-state index in [1.807, 2.05) is 0 Å². The van der Waals surface area contributed by atoms with Crippen molar-refractivity contribution in [2.45, 2.75) is 39.7 Å². The SMILES string of the molecule is CCN(CC)CCCN(CC)CCC1CS(=O)(=O)CCN1. The topological polar surface area (TPSA) is 52.7 Å². The smallest absolute Gasteiger partial charge is 0.153 e. The second-order valence-electron chi connectivity index (χ2n) is 5.87. The van der Waals surface area contributed by atoms with Crippen molar-refractivity contribution in [3.8, 4) is 0 Å². The summed E-state index contributed by atoms with van der Waals surface area (Å²) in [6.45, 7) is 13.7. The Labute approximate surface area is 131 Å². The lowest BCUT2D eigenvalue weighted by Gasteiger charge is -2.28. The number of nitrogens with zero attached hydrogens (tertiary/aromatic N) is 2. The van der Waals surface area contributed by atoms with Gasteiger partial charge in [-0.3, -0.25) is 0 Å². The summed E-state index contributed by atoms with van der Waals surface area (Å²) in [6, 6.07) is 0.139. The van der Waals surface area contributed by atoms with Crippen LogP contribution in [-0.2, 0) is 9.84 Å². The molecule has 1 rings (SSSR count). The summed E-state index contributed by atoms with van der Waals surface area (Å²) >= 11 is 0. The molecule has 0 saturated carbocycles. The number of hydrogen-bond acceptors (Lipinski definition) is 5. The molecule has 0 aromatic rings. The minimum atomic E-state index is -2.81. The van der Waals surface area contributed by atoms with Gasteiger partial charge in [0.25, 0.3) is 0 Å². The van der Waals surface area contributed by atoms with Crippen LogP contribution in [-0.4, -0.2) is 81.6 Å². The Hall–Kier alpha value is -0.170. The highest BCUT2D eigenvalue weighted by Gasteiger charge is 2.24. The van der Waals surface area contributed by atoms with Gasteiger partial charge in [-0.05, 0) is 52.1 Å². The zero-order valence-electron chi connectivity index (χ0n) is 14.0. The predicted octanol–water partition coefficient (Wildman–Crippen LogP) is 0.817. The van der Waals surface area contributed by atoms with Gasteiger partial charge in [0.15, 0.2) is 9.84 Å². The molecule has 1 unspecified atom stereocenters. The molecular weight excluding hydrogens is 286 g/mol. The summed E-state index contributed by atoms with van der Waals surface area (Å²) in [5.74, 6) is 0.606. The Morgan fingerprint density at radius 1 is 1.00 bits per heavy atom. The van der Waals surface area contributed by atoms with Crippen molar-refractivity contribution >= 4 is 9.84 Å². The molecule has 0 aromatic carbocycles. The zero-order valence-corrected chi connectivity index (χ0v) is 14.8. The predicted molar refractivity (Wildman–Crippen MR) is 89.6 cm³/mol. The second-order valence-corrected chi connectivity index (χ2v) is 8.10. The lowest BCUT2D eigenvalue weighted by atomic mass is 10.2. The third-order valence-corrected chi connectivity index (χ3v) is 6.12. The van der Waals surface area contributed by atoms with Crippen molar-refractivity contribution in [1.29, 1.82) is 0 Å². The molecule has 126 valence electrons. The Morgan fingerprint density at radius 2 is 1.62 bits per heavy atom. The average molecular weight is 320 g/mol. The first kappa shape index (κ1) is 18.9. The van der Waals surface area contributed by atoms with Crippen molar-refractivity contribution < 1.29 is 8.42 Å². The molecule has 0 aliphatic carbocycles. The molecule has 0 aromatic heterocycles. The maximum absolute atomic E-state index is 11.6. The number of rotatable bonds is 10. The standard InChI is InChI=1S/C15H33N3O2S/c1-4-17(5-2)10-7-11-18(6-3)12-8-15-14-21(19,20)13-9-16-15/h15-16H,4-14H2,1-3H3. The summed E-state index contributed by atoms with van der Waals surface area (Å²) in [7, 11) is -2.81. The minimum Gasteiger partial charge on any atom is -0.312 e. The van der Waals surface area contributed by atoms with Gasteiger partial charge in [0.2, 0.25) is 0 Å². The van der Waals surface area contributed by atoms with Crippen LogP contribution in [0.15, 0.2) is 0 Å². The number of nitrogens with one attached hydrogen (secondary N) is 1. The monoisotopic (exact) mass is 319 g/mol. The van der Waals surface area contributed by atoms with Crippen LogP contribution >= 0.6 is 0 Å². The second kappa shape index (κ2) is 9.77. The van der Waals surface area contributed by atoms with Crippen molar-refractivity contribution in [1.82, 2.24) is 15.1 Å². The first-order valence-electron chi connectivity index (χ1n) is 8.39. The lowest BCUT2D eigenvalue weighted by molar-refractivity contribution is 0.236. The normalized spacial score (nSPS) is 22.0. The van der Waals surface area contributed by atoms with E-state index in [0.29, 0.717) is 18.1 Å². The van der Waals surface area contributed by atoms with Crippen LogP contribution in [0.2, 0.25) is 0 Å². The van der Waals surface area contributed by atoms with E-state index in [2.05, 4.69) is 35.9 Å². The fourth-order valence-electron chi connectivity index (χ4n) is 2.88. The Morgan fingerprint density at radius 3 is 2.19 bits per heavy atom. The molecule has 1 N–H and O–H groups in total. The quantitative estimate of drug-likeness (QED) is 0.646. The first-order chi connectivity index (χ1) is 10.0. The molecule has 1 fully saturated rings. The highest BCUT2D eigenvalue weighted by molar-refractivity contribution is 7.91. The van der Waals surface area contributed by atoms with E-state index in [1.54, 1.807) is 0 Å². The molecule has 1 heterocycles. The van der Waals surface area contributed by atoms with Crippen LogP contribution in [0.5, 0.6) is 0 Å². The molecular formula is C15H33N3O2S. The van der Waals surface area contributed by atoms with Crippen molar-refractivity contribution in [3.63, 3.8) is 0 Å². The minimum absolute atomic E-state index is 0.139. The summed E-state index contributed by atoms with van der Waals surface area (Å²) in [5.41, 5.74) is 0. The summed E-state index contributed by atoms with van der Waals surface area (Å²) in [6.07, 6.45) is 2.12. The van der Waals surface area contributed by atoms with Crippen LogP contribution in [0.25, 0.3) is 0 Å². The molecule has 0 amide bonds. The van der Waals surface area contributed by atoms with Crippen LogP contribution in [0.1, 0.15) is 33.6 Å². The van der Waals surface area contributed by atoms with E-state index < -0.39 is 9.84 Å². The highest BCUT2D eigenvalue weighted by atomic mass is 32.2. The highest BCUT2D eigenvalue weighted by Crippen LogP contribution is 2.06. The third-order valence-electron chi connectivity index (χ3n) is 4.39. The van der Waals surface area contributed by atoms with Gasteiger partial charge in [-0.25, -0.2) is 8.42 Å². The van der Waals surface area contributed by atoms with E-state index in [9.17, 15) is 8.42 Å². The summed E-state index contributed by atoms with van der Waals surface area (Å²) < 4.78 is 23.3. The van der Waals surface area contributed by atoms with Gasteiger partial charge in [-0.15, -0.1) is 0 Å². The summed E-state index contributed by atoms with van der Waals surface area (Å²) in [5, 5.41) is 3.33. The van der Waals surface area contributed by atoms with Gasteiger partial charge in [0, 0.05) is 12.6 Å². The third kappa shape index (κ3) is 7.58.